The summed E-state index contributed by atoms with van der Waals surface area (Å²) in [6.45, 7) is 0.792. The maximum Gasteiger partial charge on any atom is 0.268 e. The number of fused-ring (bicyclic) bond motifs is 3. The lowest BCUT2D eigenvalue weighted by Gasteiger charge is -2.06. The van der Waals surface area contributed by atoms with Crippen molar-refractivity contribution in [3.8, 4) is 0 Å². The summed E-state index contributed by atoms with van der Waals surface area (Å²) in [7, 11) is 0. The molecule has 1 aliphatic rings. The monoisotopic (exact) mass is 376 g/mol. The number of hydrogen-bond acceptors (Lipinski definition) is 4. The number of Topliss-reactive ketones (excluding diaryl/α,β-unsaturated/α-hetero) is 1. The Hall–Kier alpha value is -3.61. The van der Waals surface area contributed by atoms with Crippen LogP contribution in [-0.4, -0.2) is 35.7 Å². The Morgan fingerprint density at radius 2 is 1.89 bits per heavy atom. The molecule has 1 aromatic heterocycles. The standard InChI is InChI=1S/C21H20N4O3/c22-14-4-1-12(2-5-14)7-9-23-20(27)13-3-6-16-15(11-13)18-17(26)8-10-24-21(28)19(18)25-16/h1-6,11,25H,7-10,22H2,(H,23,27)(H,24,28). The van der Waals surface area contributed by atoms with Gasteiger partial charge >= 0.3 is 0 Å². The molecule has 0 bridgehead atoms. The molecule has 2 heterocycles. The third-order valence-electron chi connectivity index (χ3n) is 4.88. The number of benzene rings is 2. The molecule has 3 aromatic rings. The highest BCUT2D eigenvalue weighted by Crippen LogP contribution is 2.26. The molecule has 0 atom stereocenters. The number of anilines is 1. The van der Waals surface area contributed by atoms with E-state index in [0.717, 1.165) is 5.56 Å². The average molecular weight is 376 g/mol. The molecule has 0 fully saturated rings. The van der Waals surface area contributed by atoms with E-state index >= 15 is 0 Å². The lowest BCUT2D eigenvalue weighted by molar-refractivity contribution is 0.0944. The van der Waals surface area contributed by atoms with E-state index in [2.05, 4.69) is 15.6 Å². The van der Waals surface area contributed by atoms with Crippen molar-refractivity contribution in [1.29, 1.82) is 0 Å². The molecule has 7 heteroatoms. The van der Waals surface area contributed by atoms with E-state index < -0.39 is 0 Å². The fourth-order valence-corrected chi connectivity index (χ4v) is 3.40. The van der Waals surface area contributed by atoms with Crippen molar-refractivity contribution < 1.29 is 14.4 Å². The van der Waals surface area contributed by atoms with Crippen molar-refractivity contribution in [3.63, 3.8) is 0 Å². The van der Waals surface area contributed by atoms with Crippen molar-refractivity contribution >= 4 is 34.2 Å². The molecule has 28 heavy (non-hydrogen) atoms. The van der Waals surface area contributed by atoms with Crippen molar-refractivity contribution in [1.82, 2.24) is 15.6 Å². The summed E-state index contributed by atoms with van der Waals surface area (Å²) in [6, 6.07) is 12.6. The Bertz CT molecular complexity index is 1080. The van der Waals surface area contributed by atoms with Crippen molar-refractivity contribution in [2.75, 3.05) is 18.8 Å². The quantitative estimate of drug-likeness (QED) is 0.521. The average Bonchev–Trinajstić information content (AvgIpc) is 3.01. The number of amides is 2. The highest BCUT2D eigenvalue weighted by atomic mass is 16.2. The second-order valence-corrected chi connectivity index (χ2v) is 6.81. The molecule has 0 saturated heterocycles. The number of aromatic amines is 1. The zero-order valence-corrected chi connectivity index (χ0v) is 15.2. The van der Waals surface area contributed by atoms with Gasteiger partial charge in [-0.3, -0.25) is 14.4 Å². The Kier molecular flexibility index (Phi) is 4.57. The fourth-order valence-electron chi connectivity index (χ4n) is 3.40. The number of carbonyl (C=O) groups excluding carboxylic acids is 3. The van der Waals surface area contributed by atoms with E-state index in [-0.39, 0.29) is 29.7 Å². The maximum absolute atomic E-state index is 12.5. The Morgan fingerprint density at radius 3 is 2.68 bits per heavy atom. The van der Waals surface area contributed by atoms with Crippen LogP contribution in [0.1, 0.15) is 43.2 Å². The van der Waals surface area contributed by atoms with Crippen LogP contribution in [-0.2, 0) is 6.42 Å². The zero-order valence-electron chi connectivity index (χ0n) is 15.2. The molecular formula is C21H20N4O3. The van der Waals surface area contributed by atoms with Crippen molar-refractivity contribution in [2.45, 2.75) is 12.8 Å². The highest BCUT2D eigenvalue weighted by molar-refractivity contribution is 6.18. The number of nitrogens with two attached hydrogens (primary N) is 1. The smallest absolute Gasteiger partial charge is 0.268 e. The number of ketones is 1. The first-order valence-corrected chi connectivity index (χ1v) is 9.12. The molecule has 0 saturated carbocycles. The van der Waals surface area contributed by atoms with Gasteiger partial charge in [0.2, 0.25) is 0 Å². The maximum atomic E-state index is 12.5. The molecule has 4 rings (SSSR count). The van der Waals surface area contributed by atoms with Crippen LogP contribution in [0, 0.1) is 0 Å². The number of carbonyl (C=O) groups is 3. The van der Waals surface area contributed by atoms with Gasteiger partial charge in [0.1, 0.15) is 5.69 Å². The van der Waals surface area contributed by atoms with Crippen LogP contribution < -0.4 is 16.4 Å². The first-order chi connectivity index (χ1) is 13.5. The van der Waals surface area contributed by atoms with Crippen LogP contribution >= 0.6 is 0 Å². The van der Waals surface area contributed by atoms with Gasteiger partial charge in [0.15, 0.2) is 5.78 Å². The Labute approximate surface area is 161 Å². The first kappa shape index (κ1) is 17.8. The lowest BCUT2D eigenvalue weighted by atomic mass is 10.0. The number of hydrogen-bond donors (Lipinski definition) is 4. The second-order valence-electron chi connectivity index (χ2n) is 6.81. The third kappa shape index (κ3) is 3.34. The van der Waals surface area contributed by atoms with E-state index in [1.807, 2.05) is 24.3 Å². The minimum Gasteiger partial charge on any atom is -0.399 e. The fraction of sp³-hybridized carbons (Fsp3) is 0.190. The predicted molar refractivity (Wildman–Crippen MR) is 106 cm³/mol. The van der Waals surface area contributed by atoms with Gasteiger partial charge in [-0.05, 0) is 42.3 Å². The molecule has 1 aliphatic heterocycles. The van der Waals surface area contributed by atoms with E-state index in [1.54, 1.807) is 18.2 Å². The molecule has 2 aromatic carbocycles. The number of H-pyrrole nitrogens is 1. The van der Waals surface area contributed by atoms with Gasteiger partial charge in [0.25, 0.3) is 11.8 Å². The molecule has 0 aliphatic carbocycles. The number of rotatable bonds is 4. The number of nitrogen functional groups attached to an aromatic ring is 1. The Morgan fingerprint density at radius 1 is 1.11 bits per heavy atom. The summed E-state index contributed by atoms with van der Waals surface area (Å²) in [5.41, 5.74) is 9.19. The SMILES string of the molecule is Nc1ccc(CCNC(=O)c2ccc3[nH]c4c(c3c2)C(=O)CCNC4=O)cc1. The van der Waals surface area contributed by atoms with Gasteiger partial charge in [-0.25, -0.2) is 0 Å². The van der Waals surface area contributed by atoms with Crippen LogP contribution in [0.25, 0.3) is 10.9 Å². The lowest BCUT2D eigenvalue weighted by Crippen LogP contribution is -2.25. The van der Waals surface area contributed by atoms with Gasteiger partial charge in [-0.2, -0.15) is 0 Å². The van der Waals surface area contributed by atoms with Crippen LogP contribution in [0.5, 0.6) is 0 Å². The van der Waals surface area contributed by atoms with Gasteiger partial charge in [-0.1, -0.05) is 12.1 Å². The van der Waals surface area contributed by atoms with E-state index in [4.69, 9.17) is 5.73 Å². The highest BCUT2D eigenvalue weighted by Gasteiger charge is 2.26. The van der Waals surface area contributed by atoms with E-state index in [9.17, 15) is 14.4 Å². The largest absolute Gasteiger partial charge is 0.399 e. The number of aromatic nitrogens is 1. The Balaban J connectivity index is 1.54. The number of nitrogens with one attached hydrogen (secondary N) is 3. The van der Waals surface area contributed by atoms with Gasteiger partial charge in [0, 0.05) is 41.7 Å². The minimum absolute atomic E-state index is 0.111. The zero-order chi connectivity index (χ0) is 19.7. The van der Waals surface area contributed by atoms with Crippen molar-refractivity contribution in [3.05, 3.63) is 64.8 Å². The van der Waals surface area contributed by atoms with Gasteiger partial charge in [-0.15, -0.1) is 0 Å². The summed E-state index contributed by atoms with van der Waals surface area (Å²) in [5.74, 6) is -0.634. The van der Waals surface area contributed by atoms with E-state index in [1.165, 1.54) is 0 Å². The summed E-state index contributed by atoms with van der Waals surface area (Å²) in [6.07, 6.45) is 0.927. The van der Waals surface area contributed by atoms with Gasteiger partial charge < -0.3 is 21.4 Å². The van der Waals surface area contributed by atoms with E-state index in [0.29, 0.717) is 47.2 Å². The molecule has 0 spiro atoms. The molecule has 0 radical (unpaired) electrons. The summed E-state index contributed by atoms with van der Waals surface area (Å²) >= 11 is 0. The first-order valence-electron chi connectivity index (χ1n) is 9.12. The topological polar surface area (TPSA) is 117 Å². The molecule has 2 amide bonds. The van der Waals surface area contributed by atoms with Crippen LogP contribution in [0.3, 0.4) is 0 Å². The summed E-state index contributed by atoms with van der Waals surface area (Å²) in [4.78, 5) is 40.1. The van der Waals surface area contributed by atoms with Crippen molar-refractivity contribution in [2.24, 2.45) is 0 Å². The van der Waals surface area contributed by atoms with Crippen LogP contribution in [0.4, 0.5) is 5.69 Å². The van der Waals surface area contributed by atoms with Gasteiger partial charge in [0.05, 0.1) is 5.56 Å². The second kappa shape index (κ2) is 7.19. The predicted octanol–water partition coefficient (Wildman–Crippen LogP) is 2.04. The normalized spacial score (nSPS) is 13.7. The molecule has 5 N–H and O–H groups in total. The molecule has 0 unspecified atom stereocenters. The third-order valence-corrected chi connectivity index (χ3v) is 4.88. The minimum atomic E-state index is -0.299. The summed E-state index contributed by atoms with van der Waals surface area (Å²) < 4.78 is 0. The van der Waals surface area contributed by atoms with Crippen LogP contribution in [0.2, 0.25) is 0 Å². The molecular weight excluding hydrogens is 356 g/mol. The molecule has 142 valence electrons. The molecule has 7 nitrogen and oxygen atoms in total. The summed E-state index contributed by atoms with van der Waals surface area (Å²) in [5, 5.41) is 6.19. The van der Waals surface area contributed by atoms with Crippen LogP contribution in [0.15, 0.2) is 42.5 Å².